The number of nitrogens with zero attached hydrogens (tertiary/aromatic N) is 4. The third-order valence-electron chi connectivity index (χ3n) is 5.71. The fourth-order valence-corrected chi connectivity index (χ4v) is 4.26. The summed E-state index contributed by atoms with van der Waals surface area (Å²) in [6.07, 6.45) is 2.22. The summed E-state index contributed by atoms with van der Waals surface area (Å²) in [6, 6.07) is 7.49. The molecule has 0 saturated carbocycles. The lowest BCUT2D eigenvalue weighted by atomic mass is 10.1. The molecule has 0 aliphatic carbocycles. The predicted octanol–water partition coefficient (Wildman–Crippen LogP) is 2.77. The van der Waals surface area contributed by atoms with E-state index >= 15 is 0 Å². The number of fused-ring (bicyclic) bond motifs is 1. The summed E-state index contributed by atoms with van der Waals surface area (Å²) < 4.78 is 7.22. The number of carbonyl (C=O) groups is 2. The van der Waals surface area contributed by atoms with E-state index in [1.165, 1.54) is 6.20 Å². The number of aromatic nitrogens is 3. The fourth-order valence-electron chi connectivity index (χ4n) is 4.08. The number of aryl methyl sites for hydroxylation is 1. The van der Waals surface area contributed by atoms with Gasteiger partial charge in [-0.2, -0.15) is 0 Å². The summed E-state index contributed by atoms with van der Waals surface area (Å²) in [7, 11) is 1.64. The van der Waals surface area contributed by atoms with Crippen LogP contribution in [0, 0.1) is 6.92 Å². The molecule has 0 bridgehead atoms. The molecule has 1 saturated heterocycles. The summed E-state index contributed by atoms with van der Waals surface area (Å²) in [6.45, 7) is 3.92. The van der Waals surface area contributed by atoms with Crippen LogP contribution in [0.2, 0.25) is 5.02 Å². The van der Waals surface area contributed by atoms with Gasteiger partial charge in [-0.15, -0.1) is 0 Å². The molecule has 1 aromatic carbocycles. The standard InChI is InChI=1S/C22H24ClN5O3/c1-13-17(20(24)29)11-25-21(26-13)14-5-6-27(12-14)22(30)19-10-15-9-16(23)3-4-18(15)28(19)7-8-31-2/h3-4,9-11,14H,5-8,12H2,1-2H3,(H2,24,29)/t14-/m1/s1. The molecular weight excluding hydrogens is 418 g/mol. The highest BCUT2D eigenvalue weighted by molar-refractivity contribution is 6.31. The second-order valence-electron chi connectivity index (χ2n) is 7.71. The molecule has 4 rings (SSSR count). The highest BCUT2D eigenvalue weighted by Crippen LogP contribution is 2.29. The molecule has 0 spiro atoms. The Hall–Kier alpha value is -2.97. The smallest absolute Gasteiger partial charge is 0.270 e. The van der Waals surface area contributed by atoms with Crippen molar-refractivity contribution in [2.45, 2.75) is 25.8 Å². The first kappa shape index (κ1) is 21.3. The number of rotatable bonds is 6. The normalized spacial score (nSPS) is 16.2. The molecule has 9 heteroatoms. The van der Waals surface area contributed by atoms with E-state index in [9.17, 15) is 9.59 Å². The van der Waals surface area contributed by atoms with E-state index in [0.717, 1.165) is 17.3 Å². The lowest BCUT2D eigenvalue weighted by molar-refractivity contribution is 0.0777. The SMILES string of the molecule is COCCn1c(C(=O)N2CC[C@@H](c3ncc(C(N)=O)c(C)n3)C2)cc2cc(Cl)ccc21. The predicted molar refractivity (Wildman–Crippen MR) is 117 cm³/mol. The van der Waals surface area contributed by atoms with E-state index in [0.29, 0.717) is 54.0 Å². The minimum atomic E-state index is -0.545. The number of likely N-dealkylation sites (tertiary alicyclic amines) is 1. The number of hydrogen-bond donors (Lipinski definition) is 1. The van der Waals surface area contributed by atoms with Gasteiger partial charge in [0.1, 0.15) is 11.5 Å². The molecule has 2 amide bonds. The first-order valence-electron chi connectivity index (χ1n) is 10.1. The first-order valence-corrected chi connectivity index (χ1v) is 10.5. The zero-order valence-corrected chi connectivity index (χ0v) is 18.2. The third kappa shape index (κ3) is 4.13. The Bertz CT molecular complexity index is 1160. The van der Waals surface area contributed by atoms with Gasteiger partial charge in [0.15, 0.2) is 0 Å². The Balaban J connectivity index is 1.59. The lowest BCUT2D eigenvalue weighted by Gasteiger charge is -2.18. The van der Waals surface area contributed by atoms with E-state index in [4.69, 9.17) is 22.1 Å². The minimum Gasteiger partial charge on any atom is -0.383 e. The quantitative estimate of drug-likeness (QED) is 0.633. The van der Waals surface area contributed by atoms with E-state index < -0.39 is 5.91 Å². The van der Waals surface area contributed by atoms with Crippen LogP contribution < -0.4 is 5.73 Å². The molecule has 1 atom stereocenters. The van der Waals surface area contributed by atoms with Crippen LogP contribution in [0.15, 0.2) is 30.5 Å². The number of primary amides is 1. The monoisotopic (exact) mass is 441 g/mol. The molecule has 2 aromatic heterocycles. The maximum absolute atomic E-state index is 13.4. The van der Waals surface area contributed by atoms with Gasteiger partial charge in [0.25, 0.3) is 11.8 Å². The van der Waals surface area contributed by atoms with E-state index in [2.05, 4.69) is 9.97 Å². The maximum Gasteiger partial charge on any atom is 0.270 e. The Morgan fingerprint density at radius 3 is 2.84 bits per heavy atom. The van der Waals surface area contributed by atoms with Gasteiger partial charge < -0.3 is 19.9 Å². The number of carbonyl (C=O) groups excluding carboxylic acids is 2. The molecule has 0 radical (unpaired) electrons. The van der Waals surface area contributed by atoms with Crippen molar-refractivity contribution in [3.8, 4) is 0 Å². The number of nitrogens with two attached hydrogens (primary N) is 1. The van der Waals surface area contributed by atoms with Crippen molar-refractivity contribution >= 4 is 34.3 Å². The van der Waals surface area contributed by atoms with Gasteiger partial charge in [-0.1, -0.05) is 11.6 Å². The van der Waals surface area contributed by atoms with Crippen molar-refractivity contribution < 1.29 is 14.3 Å². The molecule has 8 nitrogen and oxygen atoms in total. The van der Waals surface area contributed by atoms with Gasteiger partial charge in [0, 0.05) is 54.8 Å². The molecule has 162 valence electrons. The van der Waals surface area contributed by atoms with Crippen molar-refractivity contribution in [1.29, 1.82) is 0 Å². The van der Waals surface area contributed by atoms with Gasteiger partial charge >= 0.3 is 0 Å². The summed E-state index contributed by atoms with van der Waals surface area (Å²) >= 11 is 6.15. The van der Waals surface area contributed by atoms with Gasteiger partial charge in [0.05, 0.1) is 17.9 Å². The summed E-state index contributed by atoms with van der Waals surface area (Å²) in [5.74, 6) is 0.0491. The van der Waals surface area contributed by atoms with Crippen LogP contribution in [-0.4, -0.2) is 58.1 Å². The van der Waals surface area contributed by atoms with Crippen molar-refractivity contribution in [2.24, 2.45) is 5.73 Å². The average molecular weight is 442 g/mol. The van der Waals surface area contributed by atoms with Gasteiger partial charge in [-0.05, 0) is 37.6 Å². The number of hydrogen-bond acceptors (Lipinski definition) is 5. The van der Waals surface area contributed by atoms with Crippen molar-refractivity contribution in [1.82, 2.24) is 19.4 Å². The Morgan fingerprint density at radius 2 is 2.13 bits per heavy atom. The van der Waals surface area contributed by atoms with Crippen LogP contribution in [0.5, 0.6) is 0 Å². The van der Waals surface area contributed by atoms with Gasteiger partial charge in [-0.3, -0.25) is 9.59 Å². The molecule has 31 heavy (non-hydrogen) atoms. The third-order valence-corrected chi connectivity index (χ3v) is 5.94. The van der Waals surface area contributed by atoms with Crippen molar-refractivity contribution in [2.75, 3.05) is 26.8 Å². The highest BCUT2D eigenvalue weighted by Gasteiger charge is 2.31. The molecule has 3 aromatic rings. The first-order chi connectivity index (χ1) is 14.9. The number of ether oxygens (including phenoxy) is 1. The zero-order chi connectivity index (χ0) is 22.1. The Morgan fingerprint density at radius 1 is 1.32 bits per heavy atom. The number of methoxy groups -OCH3 is 1. The summed E-state index contributed by atoms with van der Waals surface area (Å²) in [5, 5.41) is 1.55. The molecule has 0 unspecified atom stereocenters. The van der Waals surface area contributed by atoms with Crippen LogP contribution in [-0.2, 0) is 11.3 Å². The average Bonchev–Trinajstić information content (AvgIpc) is 3.36. The fraction of sp³-hybridized carbons (Fsp3) is 0.364. The molecule has 1 aliphatic rings. The van der Waals surface area contributed by atoms with Crippen molar-refractivity contribution in [3.63, 3.8) is 0 Å². The van der Waals surface area contributed by atoms with Gasteiger partial charge in [0.2, 0.25) is 0 Å². The molecule has 2 N–H and O–H groups in total. The van der Waals surface area contributed by atoms with Crippen LogP contribution in [0.4, 0.5) is 0 Å². The largest absolute Gasteiger partial charge is 0.383 e. The molecule has 1 aliphatic heterocycles. The number of halogens is 1. The molecule has 3 heterocycles. The van der Waals surface area contributed by atoms with Crippen molar-refractivity contribution in [3.05, 3.63) is 58.3 Å². The summed E-state index contributed by atoms with van der Waals surface area (Å²) in [4.78, 5) is 35.4. The van der Waals surface area contributed by atoms with Crippen LogP contribution in [0.25, 0.3) is 10.9 Å². The number of amides is 2. The zero-order valence-electron chi connectivity index (χ0n) is 17.5. The van der Waals surface area contributed by atoms with Crippen LogP contribution >= 0.6 is 11.6 Å². The second kappa shape index (κ2) is 8.64. The van der Waals surface area contributed by atoms with Crippen LogP contribution in [0.1, 0.15) is 44.7 Å². The second-order valence-corrected chi connectivity index (χ2v) is 8.14. The Labute approximate surface area is 185 Å². The Kier molecular flexibility index (Phi) is 5.93. The molecule has 1 fully saturated rings. The minimum absolute atomic E-state index is 0.0100. The summed E-state index contributed by atoms with van der Waals surface area (Å²) in [5.41, 5.74) is 7.77. The lowest BCUT2D eigenvalue weighted by Crippen LogP contribution is -2.30. The molecular formula is C22H24ClN5O3. The number of benzene rings is 1. The van der Waals surface area contributed by atoms with Gasteiger partial charge in [-0.25, -0.2) is 9.97 Å². The maximum atomic E-state index is 13.4. The topological polar surface area (TPSA) is 103 Å². The highest BCUT2D eigenvalue weighted by atomic mass is 35.5. The van der Waals surface area contributed by atoms with E-state index in [1.807, 2.05) is 33.7 Å². The van der Waals surface area contributed by atoms with E-state index in [1.54, 1.807) is 14.0 Å². The van der Waals surface area contributed by atoms with E-state index in [-0.39, 0.29) is 11.8 Å². The van der Waals surface area contributed by atoms with Crippen LogP contribution in [0.3, 0.4) is 0 Å².